The highest BCUT2D eigenvalue weighted by Crippen LogP contribution is 2.21. The third kappa shape index (κ3) is 5.58. The van der Waals surface area contributed by atoms with Crippen molar-refractivity contribution in [2.45, 2.75) is 18.2 Å². The molecule has 0 aliphatic rings. The van der Waals surface area contributed by atoms with Crippen LogP contribution in [0.4, 0.5) is 10.1 Å². The molecule has 0 aliphatic carbocycles. The average molecular weight is 320 g/mol. The van der Waals surface area contributed by atoms with Crippen LogP contribution in [0.2, 0.25) is 0 Å². The zero-order valence-electron chi connectivity index (χ0n) is 12.2. The van der Waals surface area contributed by atoms with Gasteiger partial charge in [0, 0.05) is 31.5 Å². The minimum atomic E-state index is -3.78. The standard InChI is InChI=1S/C13H21FN2O4S/c1-10-12(14)8-11(15)9-13(10)21(17,18)16-4-3-5-20-7-6-19-2/h8-9,16H,3-7,15H2,1-2H3. The summed E-state index contributed by atoms with van der Waals surface area (Å²) in [6.07, 6.45) is 0.507. The molecule has 1 aromatic rings. The topological polar surface area (TPSA) is 90.6 Å². The summed E-state index contributed by atoms with van der Waals surface area (Å²) < 4.78 is 50.2. The van der Waals surface area contributed by atoms with Crippen LogP contribution in [0.1, 0.15) is 12.0 Å². The third-order valence-corrected chi connectivity index (χ3v) is 4.39. The summed E-state index contributed by atoms with van der Waals surface area (Å²) in [7, 11) is -2.21. The van der Waals surface area contributed by atoms with Crippen molar-refractivity contribution in [3.63, 3.8) is 0 Å². The Morgan fingerprint density at radius 1 is 1.29 bits per heavy atom. The van der Waals surface area contributed by atoms with Crippen molar-refractivity contribution in [1.29, 1.82) is 0 Å². The summed E-state index contributed by atoms with van der Waals surface area (Å²) in [6, 6.07) is 2.34. The Hall–Kier alpha value is -1.22. The minimum absolute atomic E-state index is 0.0491. The second kappa shape index (κ2) is 8.28. The average Bonchev–Trinajstić information content (AvgIpc) is 2.41. The van der Waals surface area contributed by atoms with E-state index in [-0.39, 0.29) is 22.7 Å². The van der Waals surface area contributed by atoms with E-state index in [9.17, 15) is 12.8 Å². The zero-order valence-corrected chi connectivity index (χ0v) is 13.0. The first-order chi connectivity index (χ1) is 9.88. The van der Waals surface area contributed by atoms with Crippen molar-refractivity contribution in [2.24, 2.45) is 0 Å². The van der Waals surface area contributed by atoms with Crippen molar-refractivity contribution >= 4 is 15.7 Å². The summed E-state index contributed by atoms with van der Waals surface area (Å²) in [4.78, 5) is -0.139. The van der Waals surface area contributed by atoms with E-state index in [4.69, 9.17) is 15.2 Å². The van der Waals surface area contributed by atoms with Gasteiger partial charge in [0.1, 0.15) is 5.82 Å². The lowest BCUT2D eigenvalue weighted by atomic mass is 10.2. The van der Waals surface area contributed by atoms with E-state index in [0.29, 0.717) is 26.2 Å². The van der Waals surface area contributed by atoms with Crippen LogP contribution in [0.3, 0.4) is 0 Å². The first kappa shape index (κ1) is 17.8. The molecule has 8 heteroatoms. The first-order valence-electron chi connectivity index (χ1n) is 6.50. The lowest BCUT2D eigenvalue weighted by molar-refractivity contribution is 0.0699. The highest BCUT2D eigenvalue weighted by Gasteiger charge is 2.19. The molecule has 1 aromatic carbocycles. The van der Waals surface area contributed by atoms with Gasteiger partial charge < -0.3 is 15.2 Å². The number of anilines is 1. The Balaban J connectivity index is 2.55. The fourth-order valence-corrected chi connectivity index (χ4v) is 3.02. The fraction of sp³-hybridized carbons (Fsp3) is 0.538. The largest absolute Gasteiger partial charge is 0.399 e. The molecule has 3 N–H and O–H groups in total. The Labute approximate surface area is 124 Å². The monoisotopic (exact) mass is 320 g/mol. The minimum Gasteiger partial charge on any atom is -0.399 e. The normalized spacial score (nSPS) is 11.8. The van der Waals surface area contributed by atoms with E-state index in [2.05, 4.69) is 4.72 Å². The molecule has 0 amide bonds. The van der Waals surface area contributed by atoms with E-state index in [0.717, 1.165) is 6.07 Å². The predicted octanol–water partition coefficient (Wildman–Crippen LogP) is 1.05. The Bertz CT molecular complexity index is 564. The smallest absolute Gasteiger partial charge is 0.241 e. The second-order valence-electron chi connectivity index (χ2n) is 4.48. The van der Waals surface area contributed by atoms with Crippen molar-refractivity contribution in [3.8, 4) is 0 Å². The summed E-state index contributed by atoms with van der Waals surface area (Å²) >= 11 is 0. The molecule has 21 heavy (non-hydrogen) atoms. The van der Waals surface area contributed by atoms with Crippen LogP contribution in [0.15, 0.2) is 17.0 Å². The molecule has 0 aliphatic heterocycles. The van der Waals surface area contributed by atoms with Gasteiger partial charge in [-0.3, -0.25) is 0 Å². The van der Waals surface area contributed by atoms with Crippen LogP contribution in [-0.4, -0.2) is 41.9 Å². The van der Waals surface area contributed by atoms with Crippen molar-refractivity contribution in [3.05, 3.63) is 23.5 Å². The maximum absolute atomic E-state index is 13.5. The number of sulfonamides is 1. The molecule has 0 heterocycles. The van der Waals surface area contributed by atoms with Crippen LogP contribution >= 0.6 is 0 Å². The van der Waals surface area contributed by atoms with Crippen molar-refractivity contribution in [2.75, 3.05) is 39.2 Å². The van der Waals surface area contributed by atoms with Crippen LogP contribution in [0, 0.1) is 12.7 Å². The number of rotatable bonds is 9. The first-order valence-corrected chi connectivity index (χ1v) is 7.98. The maximum atomic E-state index is 13.5. The quantitative estimate of drug-likeness (QED) is 0.524. The number of nitrogens with one attached hydrogen (secondary N) is 1. The molecule has 0 radical (unpaired) electrons. The highest BCUT2D eigenvalue weighted by atomic mass is 32.2. The van der Waals surface area contributed by atoms with Crippen LogP contribution in [-0.2, 0) is 19.5 Å². The van der Waals surface area contributed by atoms with E-state index in [1.165, 1.54) is 13.0 Å². The molecule has 0 spiro atoms. The Morgan fingerprint density at radius 2 is 2.00 bits per heavy atom. The van der Waals surface area contributed by atoms with E-state index in [1.54, 1.807) is 7.11 Å². The summed E-state index contributed by atoms with van der Waals surface area (Å²) in [5.41, 5.74) is 5.60. The zero-order chi connectivity index (χ0) is 15.9. The van der Waals surface area contributed by atoms with Gasteiger partial charge >= 0.3 is 0 Å². The SMILES string of the molecule is COCCOCCCNS(=O)(=O)c1cc(N)cc(F)c1C. The molecular formula is C13H21FN2O4S. The maximum Gasteiger partial charge on any atom is 0.241 e. The van der Waals surface area contributed by atoms with Crippen LogP contribution in [0.25, 0.3) is 0 Å². The summed E-state index contributed by atoms with van der Waals surface area (Å²) in [5.74, 6) is -0.640. The number of nitrogens with two attached hydrogens (primary N) is 1. The van der Waals surface area contributed by atoms with Crippen LogP contribution in [0.5, 0.6) is 0 Å². The Kier molecular flexibility index (Phi) is 7.03. The second-order valence-corrected chi connectivity index (χ2v) is 6.22. The molecule has 0 fully saturated rings. The Morgan fingerprint density at radius 3 is 2.67 bits per heavy atom. The number of methoxy groups -OCH3 is 1. The number of halogens is 1. The lowest BCUT2D eigenvalue weighted by Gasteiger charge is -2.11. The fourth-order valence-electron chi connectivity index (χ4n) is 1.66. The summed E-state index contributed by atoms with van der Waals surface area (Å²) in [6.45, 7) is 2.97. The van der Waals surface area contributed by atoms with Gasteiger partial charge in [0.2, 0.25) is 10.0 Å². The van der Waals surface area contributed by atoms with Gasteiger partial charge in [0.15, 0.2) is 0 Å². The number of nitrogen functional groups attached to an aromatic ring is 1. The highest BCUT2D eigenvalue weighted by molar-refractivity contribution is 7.89. The van der Waals surface area contributed by atoms with Gasteiger partial charge in [0.05, 0.1) is 18.1 Å². The van der Waals surface area contributed by atoms with E-state index >= 15 is 0 Å². The van der Waals surface area contributed by atoms with Crippen molar-refractivity contribution in [1.82, 2.24) is 4.72 Å². The van der Waals surface area contributed by atoms with Gasteiger partial charge in [-0.25, -0.2) is 17.5 Å². The molecular weight excluding hydrogens is 299 g/mol. The number of ether oxygens (including phenoxy) is 2. The van der Waals surface area contributed by atoms with Gasteiger partial charge in [-0.15, -0.1) is 0 Å². The van der Waals surface area contributed by atoms with Gasteiger partial charge in [-0.2, -0.15) is 0 Å². The molecule has 0 saturated carbocycles. The number of hydrogen-bond donors (Lipinski definition) is 2. The van der Waals surface area contributed by atoms with Crippen molar-refractivity contribution < 1.29 is 22.3 Å². The molecule has 1 rings (SSSR count). The molecule has 0 unspecified atom stereocenters. The predicted molar refractivity (Wildman–Crippen MR) is 78.0 cm³/mol. The van der Waals surface area contributed by atoms with Crippen LogP contribution < -0.4 is 10.5 Å². The molecule has 0 saturated heterocycles. The van der Waals surface area contributed by atoms with E-state index < -0.39 is 15.8 Å². The summed E-state index contributed by atoms with van der Waals surface area (Å²) in [5, 5.41) is 0. The van der Waals surface area contributed by atoms with Gasteiger partial charge in [-0.1, -0.05) is 0 Å². The molecule has 120 valence electrons. The van der Waals surface area contributed by atoms with Gasteiger partial charge in [-0.05, 0) is 25.5 Å². The van der Waals surface area contributed by atoms with E-state index in [1.807, 2.05) is 0 Å². The third-order valence-electron chi connectivity index (χ3n) is 2.80. The van der Waals surface area contributed by atoms with Gasteiger partial charge in [0.25, 0.3) is 0 Å². The molecule has 0 aromatic heterocycles. The lowest BCUT2D eigenvalue weighted by Crippen LogP contribution is -2.26. The molecule has 0 bridgehead atoms. The molecule has 6 nitrogen and oxygen atoms in total. The number of benzene rings is 1. The number of hydrogen-bond acceptors (Lipinski definition) is 5. The molecule has 0 atom stereocenters.